The molecule has 1 aliphatic rings. The minimum atomic E-state index is -0.907. The van der Waals surface area contributed by atoms with Crippen LogP contribution in [0, 0.1) is 22.2 Å². The van der Waals surface area contributed by atoms with Gasteiger partial charge in [-0.3, -0.25) is 0 Å². The second-order valence-electron chi connectivity index (χ2n) is 7.51. The first kappa shape index (κ1) is 16.4. The predicted molar refractivity (Wildman–Crippen MR) is 96.4 cm³/mol. The SMILES string of the molecule is CC(C)(C)C1c2ccccc2-c2sc(F)cc2-c2c1ccc(F)c2F. The first-order valence-electron chi connectivity index (χ1n) is 8.16. The Hall–Kier alpha value is -2.07. The molecule has 0 saturated heterocycles. The minimum Gasteiger partial charge on any atom is -0.204 e. The van der Waals surface area contributed by atoms with E-state index in [1.807, 2.05) is 24.3 Å². The van der Waals surface area contributed by atoms with Crippen LogP contribution in [-0.4, -0.2) is 0 Å². The number of thiophene rings is 1. The lowest BCUT2D eigenvalue weighted by Crippen LogP contribution is -2.20. The zero-order chi connectivity index (χ0) is 17.9. The van der Waals surface area contributed by atoms with Crippen LogP contribution in [0.25, 0.3) is 21.6 Å². The molecule has 4 rings (SSSR count). The third-order valence-corrected chi connectivity index (χ3v) is 5.75. The zero-order valence-corrected chi connectivity index (χ0v) is 15.0. The van der Waals surface area contributed by atoms with Crippen molar-refractivity contribution >= 4 is 11.3 Å². The lowest BCUT2D eigenvalue weighted by atomic mass is 9.71. The van der Waals surface area contributed by atoms with Crippen LogP contribution < -0.4 is 0 Å². The Labute approximate surface area is 149 Å². The summed E-state index contributed by atoms with van der Waals surface area (Å²) in [6.45, 7) is 6.25. The third kappa shape index (κ3) is 2.43. The second-order valence-corrected chi connectivity index (χ2v) is 8.51. The van der Waals surface area contributed by atoms with E-state index in [0.29, 0.717) is 16.0 Å². The average molecular weight is 358 g/mol. The van der Waals surface area contributed by atoms with Gasteiger partial charge in [0.05, 0.1) is 0 Å². The summed E-state index contributed by atoms with van der Waals surface area (Å²) in [6, 6.07) is 11.9. The Bertz CT molecular complexity index is 979. The number of rotatable bonds is 0. The van der Waals surface area contributed by atoms with Gasteiger partial charge in [0, 0.05) is 21.9 Å². The molecule has 0 amide bonds. The molecule has 4 heteroatoms. The summed E-state index contributed by atoms with van der Waals surface area (Å²) in [7, 11) is 0. The molecule has 1 heterocycles. The zero-order valence-electron chi connectivity index (χ0n) is 14.2. The van der Waals surface area contributed by atoms with Crippen molar-refractivity contribution in [3.05, 3.63) is 70.4 Å². The van der Waals surface area contributed by atoms with Gasteiger partial charge in [0.15, 0.2) is 16.8 Å². The number of hydrogen-bond acceptors (Lipinski definition) is 1. The van der Waals surface area contributed by atoms with Gasteiger partial charge in [0.2, 0.25) is 0 Å². The van der Waals surface area contributed by atoms with Crippen molar-refractivity contribution in [2.75, 3.05) is 0 Å². The van der Waals surface area contributed by atoms with Crippen molar-refractivity contribution in [1.82, 2.24) is 0 Å². The summed E-state index contributed by atoms with van der Waals surface area (Å²) in [5.41, 5.74) is 3.02. The summed E-state index contributed by atoms with van der Waals surface area (Å²) in [5, 5.41) is -0.399. The summed E-state index contributed by atoms with van der Waals surface area (Å²) >= 11 is 0.981. The van der Waals surface area contributed by atoms with Gasteiger partial charge in [-0.2, -0.15) is 4.39 Å². The first-order valence-corrected chi connectivity index (χ1v) is 8.97. The highest BCUT2D eigenvalue weighted by molar-refractivity contribution is 7.14. The van der Waals surface area contributed by atoms with Crippen molar-refractivity contribution in [3.8, 4) is 21.6 Å². The van der Waals surface area contributed by atoms with E-state index in [-0.39, 0.29) is 16.9 Å². The Balaban J connectivity index is 2.20. The van der Waals surface area contributed by atoms with Gasteiger partial charge in [-0.1, -0.05) is 51.1 Å². The van der Waals surface area contributed by atoms with Crippen molar-refractivity contribution in [2.24, 2.45) is 5.41 Å². The van der Waals surface area contributed by atoms with Crippen LogP contribution >= 0.6 is 11.3 Å². The molecule has 0 N–H and O–H groups in total. The topological polar surface area (TPSA) is 0 Å². The fourth-order valence-corrected chi connectivity index (χ4v) is 4.82. The molecule has 0 radical (unpaired) electrons. The van der Waals surface area contributed by atoms with Gasteiger partial charge in [-0.05, 0) is 34.2 Å². The summed E-state index contributed by atoms with van der Waals surface area (Å²) in [5.74, 6) is -1.94. The summed E-state index contributed by atoms with van der Waals surface area (Å²) in [4.78, 5) is 0.658. The van der Waals surface area contributed by atoms with E-state index in [2.05, 4.69) is 20.8 Å². The molecule has 0 bridgehead atoms. The molecule has 0 spiro atoms. The first-order chi connectivity index (χ1) is 11.8. The van der Waals surface area contributed by atoms with Crippen molar-refractivity contribution < 1.29 is 13.2 Å². The number of benzene rings is 2. The van der Waals surface area contributed by atoms with Crippen LogP contribution in [-0.2, 0) is 0 Å². The molecule has 1 aromatic heterocycles. The minimum absolute atomic E-state index is 0.128. The highest BCUT2D eigenvalue weighted by Crippen LogP contribution is 2.54. The maximum absolute atomic E-state index is 14.8. The van der Waals surface area contributed by atoms with Crippen molar-refractivity contribution in [1.29, 1.82) is 0 Å². The standard InChI is InChI=1S/C21H17F3S/c1-21(2,3)18-11-6-4-5-7-12(11)20-14(10-16(23)25-20)17-13(18)8-9-15(22)19(17)24/h4-10,18H,1-3H3. The predicted octanol–water partition coefficient (Wildman–Crippen LogP) is 6.99. The quantitative estimate of drug-likeness (QED) is 0.406. The smallest absolute Gasteiger partial charge is 0.177 e. The highest BCUT2D eigenvalue weighted by Gasteiger charge is 2.37. The van der Waals surface area contributed by atoms with E-state index in [1.54, 1.807) is 6.07 Å². The molecule has 2 aromatic carbocycles. The van der Waals surface area contributed by atoms with Crippen LogP contribution in [0.5, 0.6) is 0 Å². The fraction of sp³-hybridized carbons (Fsp3) is 0.238. The number of hydrogen-bond donors (Lipinski definition) is 0. The molecule has 0 nitrogen and oxygen atoms in total. The molecular weight excluding hydrogens is 341 g/mol. The maximum atomic E-state index is 14.8. The average Bonchev–Trinajstić information content (AvgIpc) is 2.86. The Morgan fingerprint density at radius 1 is 0.880 bits per heavy atom. The van der Waals surface area contributed by atoms with Crippen molar-refractivity contribution in [2.45, 2.75) is 26.7 Å². The van der Waals surface area contributed by atoms with E-state index < -0.39 is 16.8 Å². The van der Waals surface area contributed by atoms with E-state index in [1.165, 1.54) is 12.1 Å². The molecule has 1 atom stereocenters. The van der Waals surface area contributed by atoms with E-state index in [4.69, 9.17) is 0 Å². The molecule has 1 unspecified atom stereocenters. The Kier molecular flexibility index (Phi) is 3.58. The van der Waals surface area contributed by atoms with Crippen LogP contribution in [0.1, 0.15) is 37.8 Å². The lowest BCUT2D eigenvalue weighted by Gasteiger charge is -2.33. The molecule has 128 valence electrons. The molecule has 0 aliphatic heterocycles. The molecule has 0 fully saturated rings. The van der Waals surface area contributed by atoms with E-state index in [0.717, 1.165) is 22.5 Å². The summed E-state index contributed by atoms with van der Waals surface area (Å²) < 4.78 is 42.9. The third-order valence-electron chi connectivity index (χ3n) is 4.79. The summed E-state index contributed by atoms with van der Waals surface area (Å²) in [6.07, 6.45) is 0. The number of fused-ring (bicyclic) bond motifs is 5. The molecular formula is C21H17F3S. The molecule has 3 aromatic rings. The van der Waals surface area contributed by atoms with E-state index in [9.17, 15) is 13.2 Å². The normalized spacial score (nSPS) is 16.0. The fourth-order valence-electron chi connectivity index (χ4n) is 3.88. The van der Waals surface area contributed by atoms with Crippen LogP contribution in [0.2, 0.25) is 0 Å². The van der Waals surface area contributed by atoms with Gasteiger partial charge in [-0.25, -0.2) is 8.78 Å². The molecule has 0 saturated carbocycles. The Morgan fingerprint density at radius 2 is 1.60 bits per heavy atom. The van der Waals surface area contributed by atoms with Gasteiger partial charge in [0.25, 0.3) is 0 Å². The van der Waals surface area contributed by atoms with Crippen molar-refractivity contribution in [3.63, 3.8) is 0 Å². The molecule has 25 heavy (non-hydrogen) atoms. The van der Waals surface area contributed by atoms with Gasteiger partial charge >= 0.3 is 0 Å². The van der Waals surface area contributed by atoms with Crippen LogP contribution in [0.15, 0.2) is 42.5 Å². The monoisotopic (exact) mass is 358 g/mol. The van der Waals surface area contributed by atoms with E-state index >= 15 is 0 Å². The largest absolute Gasteiger partial charge is 0.204 e. The maximum Gasteiger partial charge on any atom is 0.177 e. The Morgan fingerprint density at radius 3 is 2.32 bits per heavy atom. The van der Waals surface area contributed by atoms with Gasteiger partial charge < -0.3 is 0 Å². The van der Waals surface area contributed by atoms with Crippen LogP contribution in [0.3, 0.4) is 0 Å². The number of halogens is 3. The lowest BCUT2D eigenvalue weighted by molar-refractivity contribution is 0.358. The highest BCUT2D eigenvalue weighted by atomic mass is 32.1. The molecule has 1 aliphatic carbocycles. The van der Waals surface area contributed by atoms with Crippen LogP contribution in [0.4, 0.5) is 13.2 Å². The van der Waals surface area contributed by atoms with Gasteiger partial charge in [-0.15, -0.1) is 11.3 Å². The second kappa shape index (κ2) is 5.46. The van der Waals surface area contributed by atoms with Gasteiger partial charge in [0.1, 0.15) is 0 Å².